The molecule has 0 bridgehead atoms. The first-order valence-corrected chi connectivity index (χ1v) is 13.3. The van der Waals surface area contributed by atoms with Gasteiger partial charge in [-0.2, -0.15) is 0 Å². The number of hydrogen-bond acceptors (Lipinski definition) is 6. The number of rotatable bonds is 7. The number of nitrogens with zero attached hydrogens (tertiary/aromatic N) is 3. The standard InChI is InChI=1S/C30H32N6O3/c1-38-22-13-21(14-23(16-22)39-2)30(37)33-17-18-7-9-19(10-8-18)29-35-26(27-28(31)32-11-12-36(27)29)25-15-20-5-3-4-6-24(20)34-25/h3-6,11-16,18-19,34H,7-10,17H2,1-2H3,(H2,31,32)(H,33,37)/t18-,19-. The second-order valence-corrected chi connectivity index (χ2v) is 10.1. The molecule has 4 N–H and O–H groups in total. The van der Waals surface area contributed by atoms with Gasteiger partial charge in [0.05, 0.1) is 19.9 Å². The lowest BCUT2D eigenvalue weighted by Crippen LogP contribution is -2.31. The minimum atomic E-state index is -0.125. The van der Waals surface area contributed by atoms with Crippen LogP contribution in [0.15, 0.2) is 60.9 Å². The third-order valence-electron chi connectivity index (χ3n) is 7.77. The van der Waals surface area contributed by atoms with Crippen LogP contribution < -0.4 is 20.5 Å². The molecule has 1 aliphatic carbocycles. The zero-order valence-corrected chi connectivity index (χ0v) is 22.1. The van der Waals surface area contributed by atoms with Crippen LogP contribution in [0, 0.1) is 5.92 Å². The summed E-state index contributed by atoms with van der Waals surface area (Å²) in [6.45, 7) is 0.630. The molecule has 0 radical (unpaired) electrons. The molecule has 5 aromatic rings. The number of fused-ring (bicyclic) bond motifs is 2. The SMILES string of the molecule is COc1cc(OC)cc(C(=O)NC[C@H]2CC[C@H](c3nc(-c4cc5ccccc5[nH]4)c4c(N)nccn43)CC2)c1. The summed E-state index contributed by atoms with van der Waals surface area (Å²) in [5.74, 6) is 3.24. The van der Waals surface area contributed by atoms with Crippen molar-refractivity contribution >= 4 is 28.1 Å². The van der Waals surface area contributed by atoms with Crippen LogP contribution in [0.2, 0.25) is 0 Å². The molecule has 6 rings (SSSR count). The molecular weight excluding hydrogens is 492 g/mol. The Morgan fingerprint density at radius 2 is 1.82 bits per heavy atom. The van der Waals surface area contributed by atoms with Crippen LogP contribution in [0.4, 0.5) is 5.82 Å². The van der Waals surface area contributed by atoms with Crippen molar-refractivity contribution in [3.8, 4) is 22.9 Å². The van der Waals surface area contributed by atoms with Gasteiger partial charge in [-0.3, -0.25) is 9.20 Å². The van der Waals surface area contributed by atoms with Crippen LogP contribution in [0.1, 0.15) is 47.8 Å². The zero-order valence-electron chi connectivity index (χ0n) is 22.1. The Morgan fingerprint density at radius 1 is 1.08 bits per heavy atom. The summed E-state index contributed by atoms with van der Waals surface area (Å²) in [6, 6.07) is 15.5. The monoisotopic (exact) mass is 524 g/mol. The van der Waals surface area contributed by atoms with Crippen LogP contribution in [0.3, 0.4) is 0 Å². The van der Waals surface area contributed by atoms with Crippen molar-refractivity contribution in [1.29, 1.82) is 0 Å². The van der Waals surface area contributed by atoms with Gasteiger partial charge in [0.1, 0.15) is 34.4 Å². The highest BCUT2D eigenvalue weighted by molar-refractivity contribution is 5.95. The van der Waals surface area contributed by atoms with Crippen molar-refractivity contribution in [2.24, 2.45) is 5.92 Å². The molecular formula is C30H32N6O3. The molecule has 9 nitrogen and oxygen atoms in total. The third-order valence-corrected chi connectivity index (χ3v) is 7.77. The number of nitrogens with two attached hydrogens (primary N) is 1. The van der Waals surface area contributed by atoms with Crippen LogP contribution in [0.25, 0.3) is 27.8 Å². The van der Waals surface area contributed by atoms with E-state index in [0.29, 0.717) is 41.3 Å². The quantitative estimate of drug-likeness (QED) is 0.270. The molecule has 9 heteroatoms. The maximum Gasteiger partial charge on any atom is 0.251 e. The number of carbonyl (C=O) groups is 1. The molecule has 0 aliphatic heterocycles. The number of nitrogens with one attached hydrogen (secondary N) is 2. The van der Waals surface area contributed by atoms with Gasteiger partial charge in [0.25, 0.3) is 5.91 Å². The smallest absolute Gasteiger partial charge is 0.251 e. The number of anilines is 1. The number of imidazole rings is 1. The van der Waals surface area contributed by atoms with E-state index >= 15 is 0 Å². The van der Waals surface area contributed by atoms with E-state index in [9.17, 15) is 4.79 Å². The minimum absolute atomic E-state index is 0.125. The number of benzene rings is 2. The van der Waals surface area contributed by atoms with Crippen molar-refractivity contribution in [2.45, 2.75) is 31.6 Å². The van der Waals surface area contributed by atoms with Crippen LogP contribution in [-0.4, -0.2) is 46.0 Å². The second-order valence-electron chi connectivity index (χ2n) is 10.1. The first-order valence-electron chi connectivity index (χ1n) is 13.3. The molecule has 2 aromatic carbocycles. The highest BCUT2D eigenvalue weighted by Crippen LogP contribution is 2.38. The average Bonchev–Trinajstić information content (AvgIpc) is 3.58. The van der Waals surface area contributed by atoms with Gasteiger partial charge in [-0.25, -0.2) is 9.97 Å². The van der Waals surface area contributed by atoms with Crippen molar-refractivity contribution in [3.63, 3.8) is 0 Å². The number of methoxy groups -OCH3 is 2. The van der Waals surface area contributed by atoms with Gasteiger partial charge in [0.2, 0.25) is 0 Å². The van der Waals surface area contributed by atoms with Gasteiger partial charge in [0.15, 0.2) is 0 Å². The minimum Gasteiger partial charge on any atom is -0.497 e. The van der Waals surface area contributed by atoms with Crippen LogP contribution in [-0.2, 0) is 0 Å². The Hall–Kier alpha value is -4.53. The molecule has 3 aromatic heterocycles. The summed E-state index contributed by atoms with van der Waals surface area (Å²) < 4.78 is 12.7. The number of aromatic nitrogens is 4. The van der Waals surface area contributed by atoms with E-state index in [1.54, 1.807) is 38.6 Å². The number of H-pyrrole nitrogens is 1. The summed E-state index contributed by atoms with van der Waals surface area (Å²) in [4.78, 5) is 25.8. The lowest BCUT2D eigenvalue weighted by Gasteiger charge is -2.28. The van der Waals surface area contributed by atoms with E-state index in [2.05, 4.69) is 37.9 Å². The van der Waals surface area contributed by atoms with Crippen molar-refractivity contribution in [1.82, 2.24) is 24.7 Å². The summed E-state index contributed by atoms with van der Waals surface area (Å²) in [5.41, 5.74) is 10.6. The molecule has 1 amide bonds. The Morgan fingerprint density at radius 3 is 2.54 bits per heavy atom. The van der Waals surface area contributed by atoms with Crippen LogP contribution >= 0.6 is 0 Å². The Bertz CT molecular complexity index is 1590. The van der Waals surface area contributed by atoms with Crippen LogP contribution in [0.5, 0.6) is 11.5 Å². The fraction of sp³-hybridized carbons (Fsp3) is 0.300. The molecule has 0 saturated heterocycles. The van der Waals surface area contributed by atoms with E-state index in [1.807, 2.05) is 18.3 Å². The van der Waals surface area contributed by atoms with Crippen molar-refractivity contribution in [3.05, 3.63) is 72.3 Å². The molecule has 0 atom stereocenters. The lowest BCUT2D eigenvalue weighted by atomic mass is 9.81. The Kier molecular flexibility index (Phi) is 6.56. The largest absolute Gasteiger partial charge is 0.497 e. The molecule has 39 heavy (non-hydrogen) atoms. The highest BCUT2D eigenvalue weighted by Gasteiger charge is 2.28. The number of carbonyl (C=O) groups excluding carboxylic acids is 1. The van der Waals surface area contributed by atoms with E-state index in [0.717, 1.165) is 59.3 Å². The lowest BCUT2D eigenvalue weighted by molar-refractivity contribution is 0.0942. The predicted molar refractivity (Wildman–Crippen MR) is 151 cm³/mol. The number of amides is 1. The Labute approximate surface area is 226 Å². The summed E-state index contributed by atoms with van der Waals surface area (Å²) in [7, 11) is 3.15. The van der Waals surface area contributed by atoms with E-state index < -0.39 is 0 Å². The molecule has 3 heterocycles. The molecule has 1 saturated carbocycles. The van der Waals surface area contributed by atoms with Gasteiger partial charge in [-0.1, -0.05) is 18.2 Å². The number of hydrogen-bond donors (Lipinski definition) is 3. The number of aromatic amines is 1. The van der Waals surface area contributed by atoms with Gasteiger partial charge < -0.3 is 25.5 Å². The molecule has 1 aliphatic rings. The van der Waals surface area contributed by atoms with E-state index in [-0.39, 0.29) is 5.91 Å². The van der Waals surface area contributed by atoms with Gasteiger partial charge >= 0.3 is 0 Å². The van der Waals surface area contributed by atoms with Gasteiger partial charge in [-0.05, 0) is 55.9 Å². The third kappa shape index (κ3) is 4.76. The first-order chi connectivity index (χ1) is 19.0. The number of para-hydroxylation sites is 1. The predicted octanol–water partition coefficient (Wildman–Crippen LogP) is 5.18. The topological polar surface area (TPSA) is 120 Å². The van der Waals surface area contributed by atoms with E-state index in [4.69, 9.17) is 20.2 Å². The molecule has 1 fully saturated rings. The fourth-order valence-electron chi connectivity index (χ4n) is 5.67. The maximum atomic E-state index is 12.8. The van der Waals surface area contributed by atoms with Crippen molar-refractivity contribution < 1.29 is 14.3 Å². The Balaban J connectivity index is 1.17. The average molecular weight is 525 g/mol. The fourth-order valence-corrected chi connectivity index (χ4v) is 5.67. The number of nitrogen functional groups attached to an aromatic ring is 1. The zero-order chi connectivity index (χ0) is 26.9. The molecule has 0 unspecified atom stereocenters. The van der Waals surface area contributed by atoms with Gasteiger partial charge in [0, 0.05) is 47.4 Å². The second kappa shape index (κ2) is 10.3. The first kappa shape index (κ1) is 24.8. The summed E-state index contributed by atoms with van der Waals surface area (Å²) in [5, 5.41) is 4.23. The normalized spacial score (nSPS) is 17.4. The highest BCUT2D eigenvalue weighted by atomic mass is 16.5. The summed E-state index contributed by atoms with van der Waals surface area (Å²) in [6.07, 6.45) is 7.67. The summed E-state index contributed by atoms with van der Waals surface area (Å²) >= 11 is 0. The number of ether oxygens (including phenoxy) is 2. The molecule has 200 valence electrons. The molecule has 0 spiro atoms. The maximum absolute atomic E-state index is 12.8. The van der Waals surface area contributed by atoms with E-state index in [1.165, 1.54) is 0 Å². The van der Waals surface area contributed by atoms with Crippen molar-refractivity contribution in [2.75, 3.05) is 26.5 Å². The van der Waals surface area contributed by atoms with Gasteiger partial charge in [-0.15, -0.1) is 0 Å².